The third-order valence-corrected chi connectivity index (χ3v) is 2.40. The second-order valence-corrected chi connectivity index (χ2v) is 3.55. The van der Waals surface area contributed by atoms with E-state index in [-0.39, 0.29) is 5.71 Å². The van der Waals surface area contributed by atoms with Gasteiger partial charge in [-0.3, -0.25) is 9.99 Å². The van der Waals surface area contributed by atoms with Gasteiger partial charge in [-0.05, 0) is 18.2 Å². The van der Waals surface area contributed by atoms with Crippen molar-refractivity contribution in [2.24, 2.45) is 5.10 Å². The van der Waals surface area contributed by atoms with E-state index in [4.69, 9.17) is 15.3 Å². The topological polar surface area (TPSA) is 112 Å². The van der Waals surface area contributed by atoms with E-state index in [0.717, 1.165) is 5.69 Å². The van der Waals surface area contributed by atoms with E-state index in [1.54, 1.807) is 41.5 Å². The first-order valence-electron chi connectivity index (χ1n) is 5.45. The number of hydrogen-bond donors (Lipinski definition) is 1. The summed E-state index contributed by atoms with van der Waals surface area (Å²) < 4.78 is 6.88. The van der Waals surface area contributed by atoms with E-state index in [1.807, 2.05) is 6.07 Å². The predicted molar refractivity (Wildman–Crippen MR) is 70.2 cm³/mol. The van der Waals surface area contributed by atoms with E-state index in [0.29, 0.717) is 11.4 Å². The average molecular weight is 267 g/mol. The maximum absolute atomic E-state index is 8.64. The van der Waals surface area contributed by atoms with Crippen molar-refractivity contribution in [2.75, 3.05) is 12.5 Å². The number of rotatable bonds is 4. The Morgan fingerprint density at radius 3 is 2.60 bits per heavy atom. The lowest BCUT2D eigenvalue weighted by Gasteiger charge is -2.10. The smallest absolute Gasteiger partial charge is 0.237 e. The number of anilines is 1. The van der Waals surface area contributed by atoms with Crippen molar-refractivity contribution in [3.05, 3.63) is 30.9 Å². The third kappa shape index (κ3) is 2.71. The Labute approximate surface area is 114 Å². The van der Waals surface area contributed by atoms with Gasteiger partial charge in [0, 0.05) is 0 Å². The van der Waals surface area contributed by atoms with Gasteiger partial charge in [0.05, 0.1) is 12.8 Å². The van der Waals surface area contributed by atoms with Crippen molar-refractivity contribution in [3.63, 3.8) is 0 Å². The number of ether oxygens (including phenoxy) is 1. The Morgan fingerprint density at radius 1 is 1.30 bits per heavy atom. The molecule has 0 radical (unpaired) electrons. The van der Waals surface area contributed by atoms with Crippen molar-refractivity contribution >= 4 is 11.4 Å². The van der Waals surface area contributed by atoms with Gasteiger partial charge >= 0.3 is 0 Å². The molecule has 1 heterocycles. The molecule has 0 aliphatic carbocycles. The molecule has 1 N–H and O–H groups in total. The van der Waals surface area contributed by atoms with Gasteiger partial charge in [-0.25, -0.2) is 0 Å². The highest BCUT2D eigenvalue weighted by atomic mass is 16.5. The van der Waals surface area contributed by atoms with Gasteiger partial charge < -0.3 is 4.74 Å². The number of methoxy groups -OCH3 is 1. The summed E-state index contributed by atoms with van der Waals surface area (Å²) in [5.41, 5.74) is 3.65. The summed E-state index contributed by atoms with van der Waals surface area (Å²) in [5.74, 6) is 0.529. The van der Waals surface area contributed by atoms with Crippen LogP contribution in [0, 0.1) is 22.7 Å². The van der Waals surface area contributed by atoms with Crippen LogP contribution in [0.4, 0.5) is 5.69 Å². The summed E-state index contributed by atoms with van der Waals surface area (Å²) in [5, 5.41) is 28.4. The molecule has 0 atom stereocenters. The lowest BCUT2D eigenvalue weighted by Crippen LogP contribution is -2.00. The summed E-state index contributed by atoms with van der Waals surface area (Å²) >= 11 is 0. The van der Waals surface area contributed by atoms with Gasteiger partial charge in [0.25, 0.3) is 0 Å². The molecule has 1 aromatic carbocycles. The summed E-state index contributed by atoms with van der Waals surface area (Å²) in [6.45, 7) is 0. The number of nitrogens with zero attached hydrogens (tertiary/aromatic N) is 6. The fraction of sp³-hybridized carbons (Fsp3) is 0.0833. The molecule has 98 valence electrons. The number of benzene rings is 1. The van der Waals surface area contributed by atoms with Crippen LogP contribution in [-0.4, -0.2) is 27.6 Å². The molecule has 0 saturated carbocycles. The van der Waals surface area contributed by atoms with Gasteiger partial charge in [0.15, 0.2) is 0 Å². The standard InChI is InChI=1S/C12H9N7O/c1-20-12-3-2-10(19-7-15-16-8-19)4-11(12)18-17-9(5-13)6-14/h2-4,7-8,18H,1H3. The zero-order valence-corrected chi connectivity index (χ0v) is 10.5. The van der Waals surface area contributed by atoms with Crippen LogP contribution in [0.3, 0.4) is 0 Å². The minimum absolute atomic E-state index is 0.276. The Bertz CT molecular complexity index is 690. The van der Waals surface area contributed by atoms with Crippen molar-refractivity contribution in [1.82, 2.24) is 14.8 Å². The molecule has 8 heteroatoms. The quantitative estimate of drug-likeness (QED) is 0.655. The summed E-state index contributed by atoms with van der Waals surface area (Å²) in [6.07, 6.45) is 3.09. The van der Waals surface area contributed by atoms with Gasteiger partial charge in [-0.15, -0.1) is 10.2 Å². The number of hydrazone groups is 1. The molecule has 0 aliphatic rings. The largest absolute Gasteiger partial charge is 0.495 e. The minimum atomic E-state index is -0.276. The lowest BCUT2D eigenvalue weighted by molar-refractivity contribution is 0.416. The first-order valence-corrected chi connectivity index (χ1v) is 5.45. The number of nitriles is 2. The molecular weight excluding hydrogens is 258 g/mol. The van der Waals surface area contributed by atoms with Gasteiger partial charge in [0.1, 0.15) is 36.2 Å². The summed E-state index contributed by atoms with van der Waals surface area (Å²) in [6, 6.07) is 8.60. The molecule has 0 unspecified atom stereocenters. The molecule has 0 amide bonds. The number of aromatic nitrogens is 3. The van der Waals surface area contributed by atoms with E-state index in [2.05, 4.69) is 20.7 Å². The molecule has 0 spiro atoms. The summed E-state index contributed by atoms with van der Waals surface area (Å²) in [7, 11) is 1.51. The van der Waals surface area contributed by atoms with Crippen LogP contribution in [0.5, 0.6) is 5.75 Å². The Kier molecular flexibility index (Phi) is 3.90. The molecule has 8 nitrogen and oxygen atoms in total. The molecule has 2 aromatic rings. The van der Waals surface area contributed by atoms with Crippen LogP contribution in [0.25, 0.3) is 5.69 Å². The molecule has 20 heavy (non-hydrogen) atoms. The van der Waals surface area contributed by atoms with Crippen molar-refractivity contribution in [2.45, 2.75) is 0 Å². The van der Waals surface area contributed by atoms with E-state index in [1.165, 1.54) is 7.11 Å². The normalized spacial score (nSPS) is 9.15. The van der Waals surface area contributed by atoms with Crippen LogP contribution in [-0.2, 0) is 0 Å². The minimum Gasteiger partial charge on any atom is -0.495 e. The first-order chi connectivity index (χ1) is 9.78. The Hall–Kier alpha value is -3.39. The zero-order valence-electron chi connectivity index (χ0n) is 10.5. The van der Waals surface area contributed by atoms with Crippen LogP contribution < -0.4 is 10.2 Å². The molecule has 0 bridgehead atoms. The van der Waals surface area contributed by atoms with Gasteiger partial charge in [-0.2, -0.15) is 15.6 Å². The fourth-order valence-corrected chi connectivity index (χ4v) is 1.47. The molecule has 0 saturated heterocycles. The maximum Gasteiger partial charge on any atom is 0.237 e. The number of hydrogen-bond acceptors (Lipinski definition) is 7. The van der Waals surface area contributed by atoms with E-state index >= 15 is 0 Å². The summed E-state index contributed by atoms with van der Waals surface area (Å²) in [4.78, 5) is 0. The van der Waals surface area contributed by atoms with Crippen LogP contribution in [0.15, 0.2) is 36.0 Å². The molecule has 2 rings (SSSR count). The van der Waals surface area contributed by atoms with Gasteiger partial charge in [-0.1, -0.05) is 0 Å². The lowest BCUT2D eigenvalue weighted by atomic mass is 10.2. The highest BCUT2D eigenvalue weighted by molar-refractivity contribution is 6.10. The Balaban J connectivity index is 2.36. The molecule has 0 fully saturated rings. The van der Waals surface area contributed by atoms with Crippen LogP contribution >= 0.6 is 0 Å². The third-order valence-electron chi connectivity index (χ3n) is 2.40. The predicted octanol–water partition coefficient (Wildman–Crippen LogP) is 1.09. The highest BCUT2D eigenvalue weighted by Crippen LogP contribution is 2.26. The monoisotopic (exact) mass is 267 g/mol. The van der Waals surface area contributed by atoms with E-state index < -0.39 is 0 Å². The van der Waals surface area contributed by atoms with Crippen LogP contribution in [0.2, 0.25) is 0 Å². The fourth-order valence-electron chi connectivity index (χ4n) is 1.47. The Morgan fingerprint density at radius 2 is 2.00 bits per heavy atom. The molecule has 0 aliphatic heterocycles. The zero-order chi connectivity index (χ0) is 14.4. The second-order valence-electron chi connectivity index (χ2n) is 3.55. The van der Waals surface area contributed by atoms with Crippen molar-refractivity contribution in [3.8, 4) is 23.6 Å². The van der Waals surface area contributed by atoms with E-state index in [9.17, 15) is 0 Å². The second kappa shape index (κ2) is 5.98. The SMILES string of the molecule is COc1ccc(-n2cnnc2)cc1NN=C(C#N)C#N. The van der Waals surface area contributed by atoms with Crippen molar-refractivity contribution < 1.29 is 4.74 Å². The van der Waals surface area contributed by atoms with Gasteiger partial charge in [0.2, 0.25) is 5.71 Å². The average Bonchev–Trinajstić information content (AvgIpc) is 3.02. The number of nitrogens with one attached hydrogen (secondary N) is 1. The molecule has 1 aromatic heterocycles. The van der Waals surface area contributed by atoms with Crippen LogP contribution in [0.1, 0.15) is 0 Å². The first kappa shape index (κ1) is 13.1. The van der Waals surface area contributed by atoms with Crippen molar-refractivity contribution in [1.29, 1.82) is 10.5 Å². The highest BCUT2D eigenvalue weighted by Gasteiger charge is 2.06. The maximum atomic E-state index is 8.64. The molecular formula is C12H9N7O.